The van der Waals surface area contributed by atoms with Crippen molar-refractivity contribution < 1.29 is 4.79 Å². The highest BCUT2D eigenvalue weighted by Crippen LogP contribution is 2.18. The molecule has 0 unspecified atom stereocenters. The first-order chi connectivity index (χ1) is 10.3. The van der Waals surface area contributed by atoms with Gasteiger partial charge in [-0.3, -0.25) is 15.2 Å². The second-order valence-electron chi connectivity index (χ2n) is 4.57. The lowest BCUT2D eigenvalue weighted by molar-refractivity contribution is 0.0953. The number of para-hydroxylation sites is 1. The molecule has 21 heavy (non-hydrogen) atoms. The molecular formula is C16H14N4O. The highest BCUT2D eigenvalue weighted by molar-refractivity contribution is 5.99. The number of nitrogen functional groups attached to an aromatic ring is 1. The number of hydrogen-bond donors (Lipinski definition) is 3. The summed E-state index contributed by atoms with van der Waals surface area (Å²) in [5.41, 5.74) is 5.47. The van der Waals surface area contributed by atoms with Crippen LogP contribution in [-0.2, 0) is 0 Å². The second-order valence-corrected chi connectivity index (χ2v) is 4.57. The van der Waals surface area contributed by atoms with Crippen LogP contribution in [0.15, 0.2) is 59.7 Å². The van der Waals surface area contributed by atoms with E-state index in [1.165, 1.54) is 0 Å². The number of nitrogens with zero attached hydrogens (tertiary/aromatic N) is 1. The highest BCUT2D eigenvalue weighted by Gasteiger charge is 2.02. The molecule has 0 bridgehead atoms. The summed E-state index contributed by atoms with van der Waals surface area (Å²) < 4.78 is 0. The predicted molar refractivity (Wildman–Crippen MR) is 83.6 cm³/mol. The summed E-state index contributed by atoms with van der Waals surface area (Å²) in [5.74, 6) is 4.77. The zero-order valence-electron chi connectivity index (χ0n) is 11.2. The van der Waals surface area contributed by atoms with Gasteiger partial charge in [-0.1, -0.05) is 18.2 Å². The maximum atomic E-state index is 11.3. The zero-order chi connectivity index (χ0) is 14.7. The van der Waals surface area contributed by atoms with Crippen LogP contribution in [0.1, 0.15) is 15.9 Å². The summed E-state index contributed by atoms with van der Waals surface area (Å²) >= 11 is 0. The van der Waals surface area contributed by atoms with E-state index in [9.17, 15) is 4.79 Å². The summed E-state index contributed by atoms with van der Waals surface area (Å²) in [7, 11) is 0. The molecule has 0 atom stereocenters. The van der Waals surface area contributed by atoms with E-state index in [1.807, 2.05) is 30.5 Å². The lowest BCUT2D eigenvalue weighted by atomic mass is 10.2. The van der Waals surface area contributed by atoms with Crippen LogP contribution in [-0.4, -0.2) is 17.1 Å². The van der Waals surface area contributed by atoms with Crippen molar-refractivity contribution in [3.05, 3.63) is 65.9 Å². The van der Waals surface area contributed by atoms with E-state index < -0.39 is 0 Å². The smallest absolute Gasteiger partial charge is 0.265 e. The Bertz CT molecular complexity index is 803. The van der Waals surface area contributed by atoms with Gasteiger partial charge in [0, 0.05) is 34.4 Å². The molecule has 3 rings (SSSR count). The van der Waals surface area contributed by atoms with Crippen LogP contribution in [0.25, 0.3) is 10.9 Å². The molecule has 5 heteroatoms. The minimum Gasteiger partial charge on any atom is -0.361 e. The van der Waals surface area contributed by atoms with Crippen molar-refractivity contribution in [3.8, 4) is 0 Å². The quantitative estimate of drug-likeness (QED) is 0.298. The number of aromatic nitrogens is 1. The maximum absolute atomic E-state index is 11.3. The highest BCUT2D eigenvalue weighted by atomic mass is 16.2. The summed E-state index contributed by atoms with van der Waals surface area (Å²) in [5, 5.41) is 1.13. The van der Waals surface area contributed by atoms with Gasteiger partial charge < -0.3 is 4.98 Å². The van der Waals surface area contributed by atoms with Crippen LogP contribution >= 0.6 is 0 Å². The van der Waals surface area contributed by atoms with Gasteiger partial charge in [0.05, 0.1) is 5.69 Å². The molecular weight excluding hydrogens is 264 g/mol. The van der Waals surface area contributed by atoms with Gasteiger partial charge >= 0.3 is 0 Å². The molecule has 0 saturated carbocycles. The molecule has 0 spiro atoms. The summed E-state index contributed by atoms with van der Waals surface area (Å²) in [6, 6.07) is 15.0. The number of amides is 1. The van der Waals surface area contributed by atoms with Crippen LogP contribution in [0.3, 0.4) is 0 Å². The Labute approximate surface area is 121 Å². The van der Waals surface area contributed by atoms with Crippen molar-refractivity contribution >= 4 is 28.7 Å². The van der Waals surface area contributed by atoms with Gasteiger partial charge in [-0.05, 0) is 30.3 Å². The monoisotopic (exact) mass is 278 g/mol. The molecule has 4 N–H and O–H groups in total. The minimum absolute atomic E-state index is 0.317. The van der Waals surface area contributed by atoms with E-state index in [0.717, 1.165) is 22.2 Å². The first-order valence-electron chi connectivity index (χ1n) is 6.49. The number of carbonyl (C=O) groups excluding carboxylic acids is 1. The van der Waals surface area contributed by atoms with Crippen molar-refractivity contribution in [3.63, 3.8) is 0 Å². The van der Waals surface area contributed by atoms with E-state index in [1.54, 1.807) is 30.5 Å². The number of nitrogens with two attached hydrogens (primary N) is 1. The maximum Gasteiger partial charge on any atom is 0.265 e. The number of rotatable bonds is 3. The van der Waals surface area contributed by atoms with E-state index in [-0.39, 0.29) is 5.91 Å². The molecule has 1 amide bonds. The van der Waals surface area contributed by atoms with Crippen molar-refractivity contribution in [1.82, 2.24) is 10.4 Å². The van der Waals surface area contributed by atoms with Crippen molar-refractivity contribution in [2.45, 2.75) is 0 Å². The normalized spacial score (nSPS) is 11.1. The number of H-pyrrole nitrogens is 1. The Kier molecular flexibility index (Phi) is 3.49. The van der Waals surface area contributed by atoms with Gasteiger partial charge in [-0.15, -0.1) is 0 Å². The lowest BCUT2D eigenvalue weighted by Gasteiger charge is -1.99. The Hall–Kier alpha value is -2.92. The number of carbonyl (C=O) groups is 1. The van der Waals surface area contributed by atoms with E-state index in [2.05, 4.69) is 15.4 Å². The van der Waals surface area contributed by atoms with Gasteiger partial charge in [0.25, 0.3) is 5.91 Å². The molecule has 2 aromatic carbocycles. The first-order valence-corrected chi connectivity index (χ1v) is 6.49. The molecule has 104 valence electrons. The lowest BCUT2D eigenvalue weighted by Crippen LogP contribution is -2.29. The molecule has 0 fully saturated rings. The number of nitrogens with one attached hydrogen (secondary N) is 2. The van der Waals surface area contributed by atoms with Gasteiger partial charge in [0.2, 0.25) is 0 Å². The number of fused-ring (bicyclic) bond motifs is 1. The van der Waals surface area contributed by atoms with Crippen molar-refractivity contribution in [1.29, 1.82) is 0 Å². The number of aliphatic imine (C=N–C) groups is 1. The Morgan fingerprint density at radius 1 is 1.14 bits per heavy atom. The Morgan fingerprint density at radius 3 is 2.67 bits per heavy atom. The van der Waals surface area contributed by atoms with Gasteiger partial charge in [0.1, 0.15) is 0 Å². The average Bonchev–Trinajstić information content (AvgIpc) is 2.96. The van der Waals surface area contributed by atoms with Crippen LogP contribution in [0.2, 0.25) is 0 Å². The SMILES string of the molecule is NNC(=O)c1ccc(N=Cc2c[nH]c3ccccc23)cc1. The summed E-state index contributed by atoms with van der Waals surface area (Å²) in [6.07, 6.45) is 3.72. The Morgan fingerprint density at radius 2 is 1.90 bits per heavy atom. The van der Waals surface area contributed by atoms with E-state index >= 15 is 0 Å². The molecule has 1 heterocycles. The minimum atomic E-state index is -0.317. The third-order valence-corrected chi connectivity index (χ3v) is 3.23. The van der Waals surface area contributed by atoms with Crippen LogP contribution in [0.5, 0.6) is 0 Å². The zero-order valence-corrected chi connectivity index (χ0v) is 11.2. The van der Waals surface area contributed by atoms with Crippen molar-refractivity contribution in [2.24, 2.45) is 10.8 Å². The largest absolute Gasteiger partial charge is 0.361 e. The standard InChI is InChI=1S/C16H14N4O/c17-20-16(21)11-5-7-13(8-6-11)18-9-12-10-19-15-4-2-1-3-14(12)15/h1-10,19H,17H2,(H,20,21). The molecule has 0 aliphatic heterocycles. The second kappa shape index (κ2) is 5.60. The summed E-state index contributed by atoms with van der Waals surface area (Å²) in [6.45, 7) is 0. The van der Waals surface area contributed by atoms with Gasteiger partial charge in [0.15, 0.2) is 0 Å². The van der Waals surface area contributed by atoms with Crippen LogP contribution < -0.4 is 11.3 Å². The number of aromatic amines is 1. The fourth-order valence-corrected chi connectivity index (χ4v) is 2.13. The van der Waals surface area contributed by atoms with Crippen LogP contribution in [0, 0.1) is 0 Å². The number of benzene rings is 2. The first kappa shape index (κ1) is 13.1. The van der Waals surface area contributed by atoms with Crippen LogP contribution in [0.4, 0.5) is 5.69 Å². The third-order valence-electron chi connectivity index (χ3n) is 3.23. The van der Waals surface area contributed by atoms with E-state index in [4.69, 9.17) is 5.84 Å². The fourth-order valence-electron chi connectivity index (χ4n) is 2.13. The molecule has 0 saturated heterocycles. The molecule has 1 aromatic heterocycles. The molecule has 3 aromatic rings. The molecule has 0 aliphatic rings. The van der Waals surface area contributed by atoms with Gasteiger partial charge in [-0.2, -0.15) is 0 Å². The molecule has 0 radical (unpaired) electrons. The number of hydrogen-bond acceptors (Lipinski definition) is 3. The van der Waals surface area contributed by atoms with Gasteiger partial charge in [-0.25, -0.2) is 5.84 Å². The predicted octanol–water partition coefficient (Wildman–Crippen LogP) is 2.52. The average molecular weight is 278 g/mol. The molecule has 5 nitrogen and oxygen atoms in total. The number of hydrazine groups is 1. The topological polar surface area (TPSA) is 83.3 Å². The third kappa shape index (κ3) is 2.68. The van der Waals surface area contributed by atoms with Crippen molar-refractivity contribution in [2.75, 3.05) is 0 Å². The summed E-state index contributed by atoms with van der Waals surface area (Å²) in [4.78, 5) is 19.0. The fraction of sp³-hybridized carbons (Fsp3) is 0. The van der Waals surface area contributed by atoms with E-state index in [0.29, 0.717) is 5.56 Å². The molecule has 0 aliphatic carbocycles. The Balaban J connectivity index is 1.84.